The van der Waals surface area contributed by atoms with Gasteiger partial charge in [-0.3, -0.25) is 9.59 Å². The Morgan fingerprint density at radius 1 is 1.42 bits per heavy atom. The second kappa shape index (κ2) is 4.60. The lowest BCUT2D eigenvalue weighted by atomic mass is 10.1. The molecule has 2 amide bonds. The van der Waals surface area contributed by atoms with Gasteiger partial charge in [-0.15, -0.1) is 0 Å². The summed E-state index contributed by atoms with van der Waals surface area (Å²) in [5.41, 5.74) is 6.91. The number of nitrogens with one attached hydrogen (secondary N) is 2. The topological polar surface area (TPSA) is 89.2 Å². The maximum atomic E-state index is 12.3. The van der Waals surface area contributed by atoms with Crippen LogP contribution in [0.2, 0.25) is 0 Å². The van der Waals surface area contributed by atoms with Crippen molar-refractivity contribution in [2.24, 2.45) is 0 Å². The van der Waals surface area contributed by atoms with Crippen molar-refractivity contribution in [1.82, 2.24) is 15.2 Å². The van der Waals surface area contributed by atoms with Crippen molar-refractivity contribution >= 4 is 17.5 Å². The van der Waals surface area contributed by atoms with Crippen LogP contribution in [0.3, 0.4) is 0 Å². The van der Waals surface area contributed by atoms with Crippen LogP contribution in [-0.4, -0.2) is 29.0 Å². The number of carbonyl (C=O) groups excluding carboxylic acids is 2. The predicted octanol–water partition coefficient (Wildman–Crippen LogP) is 0.414. The summed E-state index contributed by atoms with van der Waals surface area (Å²) in [4.78, 5) is 23.9. The Labute approximate surface area is 111 Å². The Bertz CT molecular complexity index is 519. The van der Waals surface area contributed by atoms with Crippen molar-refractivity contribution < 1.29 is 9.59 Å². The monoisotopic (exact) mass is 262 g/mol. The number of anilines is 1. The molecule has 2 fully saturated rings. The van der Waals surface area contributed by atoms with Gasteiger partial charge in [-0.2, -0.15) is 0 Å². The van der Waals surface area contributed by atoms with Crippen LogP contribution < -0.4 is 16.4 Å². The molecule has 19 heavy (non-hydrogen) atoms. The second-order valence-electron chi connectivity index (χ2n) is 5.26. The maximum absolute atomic E-state index is 12.3. The summed E-state index contributed by atoms with van der Waals surface area (Å²) in [5.74, 6) is -0.317. The van der Waals surface area contributed by atoms with E-state index in [9.17, 15) is 9.59 Å². The number of nitrogen functional groups attached to an aromatic ring is 1. The first-order valence-electron chi connectivity index (χ1n) is 6.71. The van der Waals surface area contributed by atoms with E-state index in [0.717, 1.165) is 19.3 Å². The number of nitrogens with zero attached hydrogens (tertiary/aromatic N) is 1. The van der Waals surface area contributed by atoms with Gasteiger partial charge in [-0.1, -0.05) is 0 Å². The number of hydrogen-bond donors (Lipinski definition) is 3. The molecule has 1 saturated heterocycles. The first kappa shape index (κ1) is 12.1. The van der Waals surface area contributed by atoms with Gasteiger partial charge in [0.2, 0.25) is 5.91 Å². The molecule has 6 heteroatoms. The minimum atomic E-state index is -0.426. The third-order valence-corrected chi connectivity index (χ3v) is 3.63. The molecule has 0 aromatic carbocycles. The van der Waals surface area contributed by atoms with E-state index in [2.05, 4.69) is 10.6 Å². The molecule has 1 unspecified atom stereocenters. The summed E-state index contributed by atoms with van der Waals surface area (Å²) >= 11 is 0. The molecule has 2 aliphatic rings. The summed E-state index contributed by atoms with van der Waals surface area (Å²) in [6, 6.07) is 1.64. The van der Waals surface area contributed by atoms with E-state index < -0.39 is 6.04 Å². The molecule has 6 nitrogen and oxygen atoms in total. The SMILES string of the molecule is Nc1cc(C(=O)NC2CCCNC2=O)n(C2CC2)c1. The van der Waals surface area contributed by atoms with Gasteiger partial charge in [0.1, 0.15) is 11.7 Å². The Balaban J connectivity index is 1.74. The van der Waals surface area contributed by atoms with E-state index >= 15 is 0 Å². The fourth-order valence-corrected chi connectivity index (χ4v) is 2.48. The third kappa shape index (κ3) is 2.43. The van der Waals surface area contributed by atoms with Gasteiger partial charge in [0, 0.05) is 18.8 Å². The van der Waals surface area contributed by atoms with Gasteiger partial charge in [0.05, 0.1) is 5.69 Å². The van der Waals surface area contributed by atoms with Crippen molar-refractivity contribution in [1.29, 1.82) is 0 Å². The molecule has 1 saturated carbocycles. The molecule has 1 aromatic rings. The quantitative estimate of drug-likeness (QED) is 0.737. The minimum Gasteiger partial charge on any atom is -0.397 e. The number of piperidine rings is 1. The molecule has 0 radical (unpaired) electrons. The van der Waals surface area contributed by atoms with Gasteiger partial charge in [0.15, 0.2) is 0 Å². The highest BCUT2D eigenvalue weighted by atomic mass is 16.2. The Kier molecular flexibility index (Phi) is 2.93. The zero-order valence-corrected chi connectivity index (χ0v) is 10.7. The van der Waals surface area contributed by atoms with Crippen molar-refractivity contribution in [2.45, 2.75) is 37.8 Å². The van der Waals surface area contributed by atoms with Crippen molar-refractivity contribution in [3.05, 3.63) is 18.0 Å². The van der Waals surface area contributed by atoms with Crippen LogP contribution in [0.4, 0.5) is 5.69 Å². The highest BCUT2D eigenvalue weighted by Crippen LogP contribution is 2.37. The van der Waals surface area contributed by atoms with Crippen LogP contribution in [0.15, 0.2) is 12.3 Å². The molecule has 1 atom stereocenters. The Morgan fingerprint density at radius 2 is 2.21 bits per heavy atom. The number of hydrogen-bond acceptors (Lipinski definition) is 3. The van der Waals surface area contributed by atoms with Gasteiger partial charge in [0.25, 0.3) is 5.91 Å². The summed E-state index contributed by atoms with van der Waals surface area (Å²) in [6.07, 6.45) is 5.55. The van der Waals surface area contributed by atoms with Crippen molar-refractivity contribution in [3.63, 3.8) is 0 Å². The number of amides is 2. The Morgan fingerprint density at radius 3 is 2.89 bits per heavy atom. The smallest absolute Gasteiger partial charge is 0.268 e. The fraction of sp³-hybridized carbons (Fsp3) is 0.538. The highest BCUT2D eigenvalue weighted by molar-refractivity contribution is 5.97. The predicted molar refractivity (Wildman–Crippen MR) is 70.6 cm³/mol. The molecule has 1 aromatic heterocycles. The second-order valence-corrected chi connectivity index (χ2v) is 5.26. The lowest BCUT2D eigenvalue weighted by Crippen LogP contribution is -2.50. The molecule has 1 aliphatic heterocycles. The average molecular weight is 262 g/mol. The largest absolute Gasteiger partial charge is 0.397 e. The first-order chi connectivity index (χ1) is 9.15. The average Bonchev–Trinajstić information content (AvgIpc) is 3.15. The lowest BCUT2D eigenvalue weighted by molar-refractivity contribution is -0.124. The van der Waals surface area contributed by atoms with Gasteiger partial charge in [-0.25, -0.2) is 0 Å². The summed E-state index contributed by atoms with van der Waals surface area (Å²) in [5, 5.41) is 5.55. The molecule has 0 bridgehead atoms. The molecule has 4 N–H and O–H groups in total. The third-order valence-electron chi connectivity index (χ3n) is 3.63. The van der Waals surface area contributed by atoms with E-state index in [1.807, 2.05) is 4.57 Å². The number of carbonyl (C=O) groups is 2. The van der Waals surface area contributed by atoms with Crippen LogP contribution in [-0.2, 0) is 4.79 Å². The summed E-state index contributed by atoms with van der Waals surface area (Å²) in [6.45, 7) is 0.691. The summed E-state index contributed by atoms with van der Waals surface area (Å²) < 4.78 is 1.92. The first-order valence-corrected chi connectivity index (χ1v) is 6.71. The van der Waals surface area contributed by atoms with E-state index in [4.69, 9.17) is 5.73 Å². The normalized spacial score (nSPS) is 22.9. The standard InChI is InChI=1S/C13H18N4O2/c14-8-6-11(17(7-8)9-3-4-9)13(19)16-10-2-1-5-15-12(10)18/h6-7,9-10H,1-5,14H2,(H,15,18)(H,16,19). The van der Waals surface area contributed by atoms with Gasteiger partial charge < -0.3 is 20.9 Å². The van der Waals surface area contributed by atoms with Crippen LogP contribution in [0, 0.1) is 0 Å². The maximum Gasteiger partial charge on any atom is 0.268 e. The van der Waals surface area contributed by atoms with E-state index in [-0.39, 0.29) is 11.8 Å². The van der Waals surface area contributed by atoms with E-state index in [0.29, 0.717) is 30.4 Å². The number of aromatic nitrogens is 1. The van der Waals surface area contributed by atoms with E-state index in [1.165, 1.54) is 0 Å². The number of rotatable bonds is 3. The van der Waals surface area contributed by atoms with Gasteiger partial charge >= 0.3 is 0 Å². The zero-order valence-electron chi connectivity index (χ0n) is 10.7. The van der Waals surface area contributed by atoms with Crippen molar-refractivity contribution in [2.75, 3.05) is 12.3 Å². The number of nitrogens with two attached hydrogens (primary N) is 1. The molecule has 102 valence electrons. The van der Waals surface area contributed by atoms with Crippen molar-refractivity contribution in [3.8, 4) is 0 Å². The van der Waals surface area contributed by atoms with Crippen LogP contribution in [0.1, 0.15) is 42.2 Å². The summed E-state index contributed by atoms with van der Waals surface area (Å²) in [7, 11) is 0. The molecular weight excluding hydrogens is 244 g/mol. The zero-order chi connectivity index (χ0) is 13.4. The van der Waals surface area contributed by atoms with Gasteiger partial charge in [-0.05, 0) is 31.7 Å². The van der Waals surface area contributed by atoms with Crippen LogP contribution >= 0.6 is 0 Å². The molecule has 3 rings (SSSR count). The van der Waals surface area contributed by atoms with Crippen LogP contribution in [0.25, 0.3) is 0 Å². The molecular formula is C13H18N4O2. The molecule has 1 aliphatic carbocycles. The highest BCUT2D eigenvalue weighted by Gasteiger charge is 2.30. The van der Waals surface area contributed by atoms with E-state index in [1.54, 1.807) is 12.3 Å². The fourth-order valence-electron chi connectivity index (χ4n) is 2.48. The molecule has 2 heterocycles. The Hall–Kier alpha value is -1.98. The van der Waals surface area contributed by atoms with Crippen LogP contribution in [0.5, 0.6) is 0 Å². The molecule has 0 spiro atoms. The minimum absolute atomic E-state index is 0.0999. The lowest BCUT2D eigenvalue weighted by Gasteiger charge is -2.23.